The summed E-state index contributed by atoms with van der Waals surface area (Å²) in [4.78, 5) is 34.8. The molecule has 0 saturated heterocycles. The first kappa shape index (κ1) is 32.8. The molecule has 0 bridgehead atoms. The predicted octanol–water partition coefficient (Wildman–Crippen LogP) is 6.47. The third-order valence-electron chi connectivity index (χ3n) is 5.33. The fourth-order valence-electron chi connectivity index (χ4n) is 3.28. The summed E-state index contributed by atoms with van der Waals surface area (Å²) in [5.74, 6) is -0.0205. The number of hydrogen-bond acceptors (Lipinski definition) is 6. The molecular weight excluding hydrogens is 461 g/mol. The van der Waals surface area contributed by atoms with Crippen LogP contribution < -0.4 is 10.1 Å². The van der Waals surface area contributed by atoms with E-state index in [0.29, 0.717) is 36.4 Å². The van der Waals surface area contributed by atoms with Crippen molar-refractivity contribution in [1.82, 2.24) is 15.5 Å². The summed E-state index contributed by atoms with van der Waals surface area (Å²) in [7, 11) is 1.53. The lowest BCUT2D eigenvalue weighted by Gasteiger charge is -2.12. The van der Waals surface area contributed by atoms with E-state index in [1.165, 1.54) is 19.3 Å². The van der Waals surface area contributed by atoms with E-state index in [2.05, 4.69) is 29.4 Å². The van der Waals surface area contributed by atoms with Gasteiger partial charge in [0.2, 0.25) is 5.88 Å². The van der Waals surface area contributed by atoms with E-state index in [1.54, 1.807) is 39.0 Å². The molecule has 1 heterocycles. The van der Waals surface area contributed by atoms with Gasteiger partial charge in [-0.25, -0.2) is 4.39 Å². The Morgan fingerprint density at radius 1 is 1.03 bits per heavy atom. The van der Waals surface area contributed by atoms with Gasteiger partial charge in [0.25, 0.3) is 5.91 Å². The minimum atomic E-state index is -0.439. The van der Waals surface area contributed by atoms with Crippen LogP contribution >= 0.6 is 0 Å². The van der Waals surface area contributed by atoms with Crippen LogP contribution in [0, 0.1) is 5.92 Å². The van der Waals surface area contributed by atoms with Gasteiger partial charge in [-0.1, -0.05) is 38.8 Å². The molecule has 0 fully saturated rings. The summed E-state index contributed by atoms with van der Waals surface area (Å²) in [6.45, 7) is 10.7. The van der Waals surface area contributed by atoms with Gasteiger partial charge in [-0.2, -0.15) is 0 Å². The molecule has 0 aliphatic carbocycles. The maximum Gasteiger partial charge on any atom is 0.251 e. The Bertz CT molecular complexity index is 915. The van der Waals surface area contributed by atoms with E-state index in [0.717, 1.165) is 31.4 Å². The first-order chi connectivity index (χ1) is 17.1. The molecule has 0 aliphatic rings. The molecular formula is C28H42FN3O4. The van der Waals surface area contributed by atoms with E-state index in [4.69, 9.17) is 4.74 Å². The van der Waals surface area contributed by atoms with Crippen molar-refractivity contribution in [3.63, 3.8) is 0 Å². The zero-order valence-corrected chi connectivity index (χ0v) is 22.8. The van der Waals surface area contributed by atoms with Crippen LogP contribution in [0.15, 0.2) is 47.5 Å². The summed E-state index contributed by atoms with van der Waals surface area (Å²) in [5, 5.41) is 10.5. The van der Waals surface area contributed by atoms with Gasteiger partial charge >= 0.3 is 0 Å². The zero-order chi connectivity index (χ0) is 27.5. The summed E-state index contributed by atoms with van der Waals surface area (Å²) in [5.41, 5.74) is 1.50. The van der Waals surface area contributed by atoms with Crippen molar-refractivity contribution in [2.24, 2.45) is 5.92 Å². The van der Waals surface area contributed by atoms with Crippen LogP contribution in [0.2, 0.25) is 0 Å². The monoisotopic (exact) mass is 503 g/mol. The lowest BCUT2D eigenvalue weighted by atomic mass is 9.92. The molecule has 1 aromatic rings. The Balaban J connectivity index is 0.000000684. The predicted molar refractivity (Wildman–Crippen MR) is 141 cm³/mol. The topological polar surface area (TPSA) is 98.2 Å². The van der Waals surface area contributed by atoms with Gasteiger partial charge in [-0.05, 0) is 65.5 Å². The molecule has 0 aliphatic heterocycles. The van der Waals surface area contributed by atoms with E-state index in [-0.39, 0.29) is 23.4 Å². The maximum atomic E-state index is 13.0. The molecule has 8 heteroatoms. The molecule has 0 saturated carbocycles. The van der Waals surface area contributed by atoms with Gasteiger partial charge in [-0.3, -0.25) is 9.59 Å². The third-order valence-corrected chi connectivity index (χ3v) is 5.33. The summed E-state index contributed by atoms with van der Waals surface area (Å²) >= 11 is 0. The quantitative estimate of drug-likeness (QED) is 0.177. The van der Waals surface area contributed by atoms with Crippen LogP contribution in [-0.4, -0.2) is 34.8 Å². The molecule has 0 atom stereocenters. The number of allylic oxidation sites excluding steroid dienone is 5. The van der Waals surface area contributed by atoms with Crippen molar-refractivity contribution < 1.29 is 23.5 Å². The number of aromatic nitrogens is 2. The highest BCUT2D eigenvalue weighted by Crippen LogP contribution is 2.19. The fraction of sp³-hybridized carbons (Fsp3) is 0.536. The number of halogens is 1. The van der Waals surface area contributed by atoms with Crippen molar-refractivity contribution in [3.05, 3.63) is 53.2 Å². The summed E-state index contributed by atoms with van der Waals surface area (Å²) < 4.78 is 17.9. The average Bonchev–Trinajstić information content (AvgIpc) is 2.87. The number of carbonyl (C=O) groups is 3. The van der Waals surface area contributed by atoms with Crippen molar-refractivity contribution >= 4 is 17.5 Å². The van der Waals surface area contributed by atoms with E-state index in [9.17, 15) is 18.8 Å². The molecule has 36 heavy (non-hydrogen) atoms. The van der Waals surface area contributed by atoms with Crippen LogP contribution in [0.3, 0.4) is 0 Å². The van der Waals surface area contributed by atoms with Gasteiger partial charge in [0.1, 0.15) is 17.3 Å². The number of ketones is 2. The SMILES string of the molecule is C/C=C(/CCCC(C)=O)NC(=O)/C(C)=C/C(F)=C\C.CCCC(CCC)C(=O)c1ccc(OC)nn1. The number of nitrogens with zero attached hydrogens (tertiary/aromatic N) is 2. The Morgan fingerprint density at radius 2 is 1.67 bits per heavy atom. The molecule has 1 aromatic heterocycles. The Kier molecular flexibility index (Phi) is 17.4. The minimum absolute atomic E-state index is 0.0766. The molecule has 1 amide bonds. The molecule has 0 radical (unpaired) electrons. The van der Waals surface area contributed by atoms with Crippen molar-refractivity contribution in [2.75, 3.05) is 7.11 Å². The molecule has 200 valence electrons. The number of amides is 1. The highest BCUT2D eigenvalue weighted by atomic mass is 19.1. The smallest absolute Gasteiger partial charge is 0.251 e. The first-order valence-electron chi connectivity index (χ1n) is 12.5. The Hall–Kier alpha value is -3.16. The van der Waals surface area contributed by atoms with Gasteiger partial charge in [-0.15, -0.1) is 10.2 Å². The number of ether oxygens (including phenoxy) is 1. The summed E-state index contributed by atoms with van der Waals surface area (Å²) in [6.07, 6.45) is 9.95. The number of hydrogen-bond donors (Lipinski definition) is 1. The average molecular weight is 504 g/mol. The van der Waals surface area contributed by atoms with Crippen LogP contribution in [0.1, 0.15) is 97.0 Å². The van der Waals surface area contributed by atoms with Crippen molar-refractivity contribution in [1.29, 1.82) is 0 Å². The Labute approximate surface area is 215 Å². The zero-order valence-electron chi connectivity index (χ0n) is 22.8. The molecule has 1 N–H and O–H groups in total. The molecule has 0 unspecified atom stereocenters. The molecule has 7 nitrogen and oxygen atoms in total. The number of rotatable bonds is 14. The van der Waals surface area contributed by atoms with Gasteiger partial charge in [0.15, 0.2) is 5.78 Å². The van der Waals surface area contributed by atoms with Crippen molar-refractivity contribution in [2.45, 2.75) is 86.5 Å². The van der Waals surface area contributed by atoms with Crippen LogP contribution in [0.5, 0.6) is 5.88 Å². The third kappa shape index (κ3) is 13.7. The number of nitrogens with one attached hydrogen (secondary N) is 1. The van der Waals surface area contributed by atoms with Crippen molar-refractivity contribution in [3.8, 4) is 5.88 Å². The highest BCUT2D eigenvalue weighted by molar-refractivity contribution is 5.96. The Morgan fingerprint density at radius 3 is 2.11 bits per heavy atom. The maximum absolute atomic E-state index is 13.0. The van der Waals surface area contributed by atoms with Crippen LogP contribution in [-0.2, 0) is 9.59 Å². The number of Topliss-reactive ketones (excluding diaryl/α,β-unsaturated/α-hetero) is 2. The molecule has 0 aromatic carbocycles. The van der Waals surface area contributed by atoms with Gasteiger partial charge in [0.05, 0.1) is 7.11 Å². The highest BCUT2D eigenvalue weighted by Gasteiger charge is 2.20. The largest absolute Gasteiger partial charge is 0.480 e. The fourth-order valence-corrected chi connectivity index (χ4v) is 3.28. The van der Waals surface area contributed by atoms with Crippen LogP contribution in [0.4, 0.5) is 4.39 Å². The summed E-state index contributed by atoms with van der Waals surface area (Å²) in [6, 6.07) is 3.36. The second-order valence-corrected chi connectivity index (χ2v) is 8.42. The normalized spacial score (nSPS) is 12.1. The first-order valence-corrected chi connectivity index (χ1v) is 12.5. The second kappa shape index (κ2) is 19.1. The standard InChI is InChI=1S/C15H22FNO2.C13H20N2O2/c1-5-13(16)10-11(3)15(19)17-14(6-2)9-7-8-12(4)18;1-4-6-10(7-5-2)13(16)11-8-9-12(17-3)15-14-11/h5-6,10H,7-9H2,1-4H3,(H,17,19);8-10H,4-7H2,1-3H3/b11-10+,13-5+,14-6-;. The van der Waals surface area contributed by atoms with E-state index in [1.807, 2.05) is 6.92 Å². The van der Waals surface area contributed by atoms with Gasteiger partial charge in [0, 0.05) is 29.7 Å². The molecule has 0 spiro atoms. The van der Waals surface area contributed by atoms with E-state index < -0.39 is 5.83 Å². The number of methoxy groups -OCH3 is 1. The van der Waals surface area contributed by atoms with Crippen LogP contribution in [0.25, 0.3) is 0 Å². The number of carbonyl (C=O) groups excluding carboxylic acids is 3. The lowest BCUT2D eigenvalue weighted by Crippen LogP contribution is -2.23. The molecule has 1 rings (SSSR count). The van der Waals surface area contributed by atoms with E-state index >= 15 is 0 Å². The minimum Gasteiger partial charge on any atom is -0.480 e. The van der Waals surface area contributed by atoms with Gasteiger partial charge < -0.3 is 14.8 Å². The lowest BCUT2D eigenvalue weighted by molar-refractivity contribution is -0.117. The second-order valence-electron chi connectivity index (χ2n) is 8.42.